The van der Waals surface area contributed by atoms with Crippen molar-refractivity contribution in [2.45, 2.75) is 26.0 Å². The molecule has 2 rings (SSSR count). The molecule has 0 bridgehead atoms. The topological polar surface area (TPSA) is 41.5 Å². The molecule has 21 heavy (non-hydrogen) atoms. The van der Waals surface area contributed by atoms with Crippen LogP contribution in [0.3, 0.4) is 0 Å². The lowest BCUT2D eigenvalue weighted by Crippen LogP contribution is -2.12. The number of phenols is 1. The second-order valence-corrected chi connectivity index (χ2v) is 4.54. The third kappa shape index (κ3) is 3.84. The second kappa shape index (κ2) is 6.92. The van der Waals surface area contributed by atoms with Gasteiger partial charge in [-0.2, -0.15) is 8.78 Å². The Morgan fingerprint density at radius 3 is 2.43 bits per heavy atom. The molecule has 0 aliphatic heterocycles. The van der Waals surface area contributed by atoms with Gasteiger partial charge in [0.2, 0.25) is 0 Å². The highest BCUT2D eigenvalue weighted by molar-refractivity contribution is 5.58. The van der Waals surface area contributed by atoms with E-state index >= 15 is 0 Å². The van der Waals surface area contributed by atoms with E-state index in [9.17, 15) is 13.9 Å². The largest absolute Gasteiger partial charge is 0.508 e. The number of alkyl halides is 2. The van der Waals surface area contributed by atoms with Gasteiger partial charge in [-0.05, 0) is 24.6 Å². The van der Waals surface area contributed by atoms with Crippen LogP contribution in [-0.2, 0) is 0 Å². The summed E-state index contributed by atoms with van der Waals surface area (Å²) in [6.45, 7) is -0.932. The van der Waals surface area contributed by atoms with E-state index in [2.05, 4.69) is 10.1 Å². The van der Waals surface area contributed by atoms with E-state index in [-0.39, 0.29) is 17.5 Å². The lowest BCUT2D eigenvalue weighted by molar-refractivity contribution is -0.0493. The predicted octanol–water partition coefficient (Wildman–Crippen LogP) is 4.56. The van der Waals surface area contributed by atoms with Crippen LogP contribution in [0.25, 0.3) is 0 Å². The number of anilines is 1. The maximum absolute atomic E-state index is 12.4. The molecule has 0 saturated carbocycles. The first-order valence-corrected chi connectivity index (χ1v) is 6.70. The molecule has 1 atom stereocenters. The number of aromatic hydroxyl groups is 1. The molecule has 3 nitrogen and oxygen atoms in total. The Morgan fingerprint density at radius 1 is 1.10 bits per heavy atom. The fourth-order valence-electron chi connectivity index (χ4n) is 2.15. The van der Waals surface area contributed by atoms with Gasteiger partial charge >= 0.3 is 6.61 Å². The average Bonchev–Trinajstić information content (AvgIpc) is 2.47. The van der Waals surface area contributed by atoms with Crippen LogP contribution in [0, 0.1) is 0 Å². The standard InChI is InChI=1S/C16H17F2NO2/c1-2-12(11-7-3-5-9-14(11)20)19-13-8-4-6-10-15(13)21-16(17)18/h3-10,12,16,19-20H,2H2,1H3. The van der Waals surface area contributed by atoms with Crippen LogP contribution in [0.2, 0.25) is 0 Å². The van der Waals surface area contributed by atoms with Gasteiger partial charge in [-0.1, -0.05) is 37.3 Å². The van der Waals surface area contributed by atoms with E-state index in [0.717, 1.165) is 0 Å². The number of rotatable bonds is 6. The molecule has 0 amide bonds. The molecule has 112 valence electrons. The summed E-state index contributed by atoms with van der Waals surface area (Å²) < 4.78 is 29.3. The van der Waals surface area contributed by atoms with Crippen molar-refractivity contribution >= 4 is 5.69 Å². The van der Waals surface area contributed by atoms with Gasteiger partial charge in [0.1, 0.15) is 11.5 Å². The Bertz CT molecular complexity index is 590. The molecule has 0 fully saturated rings. The Morgan fingerprint density at radius 2 is 1.76 bits per heavy atom. The van der Waals surface area contributed by atoms with E-state index in [4.69, 9.17) is 0 Å². The molecule has 0 heterocycles. The van der Waals surface area contributed by atoms with Crippen LogP contribution in [0.15, 0.2) is 48.5 Å². The third-order valence-corrected chi connectivity index (χ3v) is 3.15. The second-order valence-electron chi connectivity index (χ2n) is 4.54. The van der Waals surface area contributed by atoms with Crippen LogP contribution in [0.4, 0.5) is 14.5 Å². The molecule has 0 radical (unpaired) electrons. The van der Waals surface area contributed by atoms with Crippen molar-refractivity contribution in [3.63, 3.8) is 0 Å². The van der Waals surface area contributed by atoms with E-state index < -0.39 is 6.61 Å². The van der Waals surface area contributed by atoms with E-state index in [1.54, 1.807) is 36.4 Å². The zero-order valence-corrected chi connectivity index (χ0v) is 11.6. The summed E-state index contributed by atoms with van der Waals surface area (Å²) in [6.07, 6.45) is 0.681. The third-order valence-electron chi connectivity index (χ3n) is 3.15. The van der Waals surface area contributed by atoms with Gasteiger partial charge in [-0.25, -0.2) is 0 Å². The lowest BCUT2D eigenvalue weighted by atomic mass is 10.0. The molecule has 2 N–H and O–H groups in total. The van der Waals surface area contributed by atoms with Gasteiger partial charge in [0.05, 0.1) is 11.7 Å². The van der Waals surface area contributed by atoms with Crippen LogP contribution in [0.1, 0.15) is 24.9 Å². The smallest absolute Gasteiger partial charge is 0.387 e. The SMILES string of the molecule is CCC(Nc1ccccc1OC(F)F)c1ccccc1O. The van der Waals surface area contributed by atoms with Crippen molar-refractivity contribution in [1.82, 2.24) is 0 Å². The average molecular weight is 293 g/mol. The number of nitrogens with one attached hydrogen (secondary N) is 1. The molecule has 2 aromatic rings. The zero-order chi connectivity index (χ0) is 15.2. The van der Waals surface area contributed by atoms with Gasteiger partial charge in [-0.3, -0.25) is 0 Å². The van der Waals surface area contributed by atoms with Crippen molar-refractivity contribution in [3.05, 3.63) is 54.1 Å². The summed E-state index contributed by atoms with van der Waals surface area (Å²) in [5.41, 5.74) is 1.18. The number of phenolic OH excluding ortho intramolecular Hbond substituents is 1. The summed E-state index contributed by atoms with van der Waals surface area (Å²) in [5.74, 6) is 0.255. The molecular weight excluding hydrogens is 276 g/mol. The highest BCUT2D eigenvalue weighted by Gasteiger charge is 2.16. The molecule has 2 aromatic carbocycles. The van der Waals surface area contributed by atoms with Gasteiger partial charge < -0.3 is 15.2 Å². The Balaban J connectivity index is 2.25. The summed E-state index contributed by atoms with van der Waals surface area (Å²) >= 11 is 0. The zero-order valence-electron chi connectivity index (χ0n) is 11.6. The van der Waals surface area contributed by atoms with Gasteiger partial charge in [0.15, 0.2) is 0 Å². The van der Waals surface area contributed by atoms with Crippen LogP contribution in [-0.4, -0.2) is 11.7 Å². The molecule has 0 aliphatic carbocycles. The first-order chi connectivity index (χ1) is 10.1. The number of hydrogen-bond donors (Lipinski definition) is 2. The van der Waals surface area contributed by atoms with Gasteiger partial charge in [0, 0.05) is 5.56 Å². The summed E-state index contributed by atoms with van der Waals surface area (Å²) in [6, 6.07) is 13.3. The Hall–Kier alpha value is -2.30. The first-order valence-electron chi connectivity index (χ1n) is 6.70. The minimum atomic E-state index is -2.88. The highest BCUT2D eigenvalue weighted by Crippen LogP contribution is 2.33. The molecule has 5 heteroatoms. The molecule has 0 saturated heterocycles. The fraction of sp³-hybridized carbons (Fsp3) is 0.250. The lowest BCUT2D eigenvalue weighted by Gasteiger charge is -2.21. The van der Waals surface area contributed by atoms with Crippen LogP contribution < -0.4 is 10.1 Å². The number of hydrogen-bond acceptors (Lipinski definition) is 3. The molecule has 0 aliphatic rings. The van der Waals surface area contributed by atoms with Gasteiger partial charge in [0.25, 0.3) is 0 Å². The predicted molar refractivity (Wildman–Crippen MR) is 77.8 cm³/mol. The van der Waals surface area contributed by atoms with Crippen LogP contribution in [0.5, 0.6) is 11.5 Å². The van der Waals surface area contributed by atoms with Crippen LogP contribution >= 0.6 is 0 Å². The summed E-state index contributed by atoms with van der Waals surface area (Å²) in [4.78, 5) is 0. The van der Waals surface area contributed by atoms with Gasteiger partial charge in [-0.15, -0.1) is 0 Å². The van der Waals surface area contributed by atoms with Crippen molar-refractivity contribution in [3.8, 4) is 11.5 Å². The van der Waals surface area contributed by atoms with Crippen molar-refractivity contribution < 1.29 is 18.6 Å². The minimum Gasteiger partial charge on any atom is -0.508 e. The molecule has 0 aromatic heterocycles. The van der Waals surface area contributed by atoms with E-state index in [1.807, 2.05) is 13.0 Å². The maximum atomic E-state index is 12.4. The molecule has 1 unspecified atom stereocenters. The number of halogens is 2. The summed E-state index contributed by atoms with van der Waals surface area (Å²) in [5, 5.41) is 13.1. The number of ether oxygens (including phenoxy) is 1. The molecular formula is C16H17F2NO2. The summed E-state index contributed by atoms with van der Waals surface area (Å²) in [7, 11) is 0. The quantitative estimate of drug-likeness (QED) is 0.820. The molecule has 0 spiro atoms. The Labute approximate surface area is 122 Å². The highest BCUT2D eigenvalue weighted by atomic mass is 19.3. The minimum absolute atomic E-state index is 0.0846. The number of benzene rings is 2. The van der Waals surface area contributed by atoms with Crippen molar-refractivity contribution in [2.24, 2.45) is 0 Å². The van der Waals surface area contributed by atoms with Crippen molar-refractivity contribution in [2.75, 3.05) is 5.32 Å². The first kappa shape index (κ1) is 15.1. The Kier molecular flexibility index (Phi) is 4.98. The number of para-hydroxylation sites is 3. The normalized spacial score (nSPS) is 12.2. The van der Waals surface area contributed by atoms with Crippen molar-refractivity contribution in [1.29, 1.82) is 0 Å². The van der Waals surface area contributed by atoms with E-state index in [0.29, 0.717) is 17.7 Å². The van der Waals surface area contributed by atoms with E-state index in [1.165, 1.54) is 6.07 Å². The monoisotopic (exact) mass is 293 g/mol. The fourth-order valence-corrected chi connectivity index (χ4v) is 2.15. The maximum Gasteiger partial charge on any atom is 0.387 e.